The quantitative estimate of drug-likeness (QED) is 0.820. The number of hydrogen-bond acceptors (Lipinski definition) is 5. The summed E-state index contributed by atoms with van der Waals surface area (Å²) in [4.78, 5) is 0. The smallest absolute Gasteiger partial charge is 0.315 e. The molecule has 1 aromatic heterocycles. The number of hydrogen-bond donors (Lipinski definition) is 2. The van der Waals surface area contributed by atoms with E-state index in [9.17, 15) is 4.39 Å². The van der Waals surface area contributed by atoms with Gasteiger partial charge in [0, 0.05) is 12.1 Å². The minimum atomic E-state index is -0.218. The van der Waals surface area contributed by atoms with E-state index in [0.717, 1.165) is 12.0 Å². The summed E-state index contributed by atoms with van der Waals surface area (Å²) in [6.45, 7) is 2.64. The Bertz CT molecular complexity index is 580. The van der Waals surface area contributed by atoms with Crippen molar-refractivity contribution in [2.75, 3.05) is 5.32 Å². The molecule has 112 valence electrons. The van der Waals surface area contributed by atoms with Gasteiger partial charge in [-0.05, 0) is 43.9 Å². The lowest BCUT2D eigenvalue weighted by atomic mass is 10.1. The molecule has 0 bridgehead atoms. The number of aromatic nitrogens is 2. The van der Waals surface area contributed by atoms with Crippen LogP contribution in [0.1, 0.15) is 31.2 Å². The summed E-state index contributed by atoms with van der Waals surface area (Å²) < 4.78 is 18.4. The lowest BCUT2D eigenvalue weighted by Crippen LogP contribution is -2.18. The van der Waals surface area contributed by atoms with E-state index in [4.69, 9.17) is 4.42 Å². The normalized spacial score (nSPS) is 15.9. The van der Waals surface area contributed by atoms with Crippen LogP contribution in [-0.4, -0.2) is 22.3 Å². The van der Waals surface area contributed by atoms with Crippen LogP contribution >= 0.6 is 0 Å². The van der Waals surface area contributed by atoms with Crippen LogP contribution in [0, 0.1) is 5.82 Å². The number of nitrogens with one attached hydrogen (secondary N) is 2. The van der Waals surface area contributed by atoms with Crippen molar-refractivity contribution in [1.82, 2.24) is 15.5 Å². The number of halogens is 1. The summed E-state index contributed by atoms with van der Waals surface area (Å²) >= 11 is 0. The van der Waals surface area contributed by atoms with E-state index in [1.165, 1.54) is 25.0 Å². The summed E-state index contributed by atoms with van der Waals surface area (Å²) in [7, 11) is 0. The molecule has 1 heterocycles. The van der Waals surface area contributed by atoms with E-state index in [2.05, 4.69) is 20.8 Å². The molecule has 1 atom stereocenters. The first kappa shape index (κ1) is 14.0. The molecule has 0 spiro atoms. The molecule has 1 aliphatic carbocycles. The van der Waals surface area contributed by atoms with Crippen LogP contribution in [0.2, 0.25) is 0 Å². The molecule has 1 saturated carbocycles. The Morgan fingerprint density at radius 3 is 2.76 bits per heavy atom. The summed E-state index contributed by atoms with van der Waals surface area (Å²) in [6, 6.07) is 7.67. The maximum absolute atomic E-state index is 12.9. The van der Waals surface area contributed by atoms with E-state index in [1.54, 1.807) is 12.1 Å². The van der Waals surface area contributed by atoms with Gasteiger partial charge in [0.2, 0.25) is 5.89 Å². The highest BCUT2D eigenvalue weighted by atomic mass is 19.1. The van der Waals surface area contributed by atoms with Gasteiger partial charge in [-0.15, -0.1) is 5.10 Å². The van der Waals surface area contributed by atoms with E-state index in [1.807, 2.05) is 6.92 Å². The van der Waals surface area contributed by atoms with Gasteiger partial charge in [0.05, 0.1) is 6.54 Å². The first-order chi connectivity index (χ1) is 10.2. The van der Waals surface area contributed by atoms with Crippen LogP contribution in [0.5, 0.6) is 0 Å². The third-order valence-electron chi connectivity index (χ3n) is 3.41. The van der Waals surface area contributed by atoms with Crippen LogP contribution in [0.3, 0.4) is 0 Å². The Hall–Kier alpha value is -1.95. The molecule has 1 aromatic carbocycles. The number of nitrogens with zero attached hydrogens (tertiary/aromatic N) is 2. The standard InChI is InChI=1S/C15H19FN4O/c1-10(8-11-2-4-12(16)5-3-11)18-15-20-19-14(21-15)9-17-13-6-7-13/h2-5,10,13,17H,6-9H2,1H3,(H,18,20). The fourth-order valence-electron chi connectivity index (χ4n) is 2.14. The zero-order chi connectivity index (χ0) is 14.7. The largest absolute Gasteiger partial charge is 0.407 e. The molecule has 0 amide bonds. The third kappa shape index (κ3) is 4.26. The van der Waals surface area contributed by atoms with Gasteiger partial charge in [0.25, 0.3) is 0 Å². The lowest BCUT2D eigenvalue weighted by molar-refractivity contribution is 0.472. The van der Waals surface area contributed by atoms with Crippen molar-refractivity contribution < 1.29 is 8.81 Å². The van der Waals surface area contributed by atoms with Gasteiger partial charge in [-0.1, -0.05) is 17.2 Å². The molecule has 0 saturated heterocycles. The van der Waals surface area contributed by atoms with Gasteiger partial charge in [-0.3, -0.25) is 0 Å². The zero-order valence-electron chi connectivity index (χ0n) is 12.0. The van der Waals surface area contributed by atoms with E-state index in [-0.39, 0.29) is 11.9 Å². The molecule has 2 N–H and O–H groups in total. The Kier molecular flexibility index (Phi) is 4.15. The molecular weight excluding hydrogens is 271 g/mol. The maximum atomic E-state index is 12.9. The van der Waals surface area contributed by atoms with Crippen molar-refractivity contribution in [3.8, 4) is 0 Å². The number of rotatable bonds is 7. The van der Waals surface area contributed by atoms with Crippen molar-refractivity contribution in [1.29, 1.82) is 0 Å². The minimum absolute atomic E-state index is 0.125. The van der Waals surface area contributed by atoms with Crippen molar-refractivity contribution >= 4 is 6.01 Å². The van der Waals surface area contributed by atoms with E-state index in [0.29, 0.717) is 24.5 Å². The van der Waals surface area contributed by atoms with Crippen LogP contribution in [0.15, 0.2) is 28.7 Å². The fourth-order valence-corrected chi connectivity index (χ4v) is 2.14. The van der Waals surface area contributed by atoms with E-state index >= 15 is 0 Å². The van der Waals surface area contributed by atoms with Gasteiger partial charge >= 0.3 is 6.01 Å². The average molecular weight is 290 g/mol. The molecule has 3 rings (SSSR count). The first-order valence-corrected chi connectivity index (χ1v) is 7.26. The predicted molar refractivity (Wildman–Crippen MR) is 77.3 cm³/mol. The topological polar surface area (TPSA) is 63.0 Å². The molecule has 5 nitrogen and oxygen atoms in total. The highest BCUT2D eigenvalue weighted by molar-refractivity contribution is 5.23. The van der Waals surface area contributed by atoms with Crippen molar-refractivity contribution in [3.05, 3.63) is 41.5 Å². The van der Waals surface area contributed by atoms with E-state index < -0.39 is 0 Å². The highest BCUT2D eigenvalue weighted by Gasteiger charge is 2.21. The molecular formula is C15H19FN4O. The fraction of sp³-hybridized carbons (Fsp3) is 0.467. The SMILES string of the molecule is CC(Cc1ccc(F)cc1)Nc1nnc(CNC2CC2)o1. The molecule has 2 aromatic rings. The molecule has 1 unspecified atom stereocenters. The van der Waals surface area contributed by atoms with Gasteiger partial charge in [-0.25, -0.2) is 4.39 Å². The third-order valence-corrected chi connectivity index (χ3v) is 3.41. The maximum Gasteiger partial charge on any atom is 0.315 e. The summed E-state index contributed by atoms with van der Waals surface area (Å²) in [5.41, 5.74) is 1.06. The van der Waals surface area contributed by atoms with Crippen LogP contribution in [0.25, 0.3) is 0 Å². The second-order valence-electron chi connectivity index (χ2n) is 5.53. The first-order valence-electron chi connectivity index (χ1n) is 7.26. The van der Waals surface area contributed by atoms with Gasteiger partial charge < -0.3 is 15.1 Å². The molecule has 0 radical (unpaired) electrons. The predicted octanol–water partition coefficient (Wildman–Crippen LogP) is 2.50. The molecule has 21 heavy (non-hydrogen) atoms. The number of anilines is 1. The van der Waals surface area contributed by atoms with Gasteiger partial charge in [0.1, 0.15) is 5.82 Å². The van der Waals surface area contributed by atoms with Crippen molar-refractivity contribution in [2.24, 2.45) is 0 Å². The lowest BCUT2D eigenvalue weighted by Gasteiger charge is -2.11. The van der Waals surface area contributed by atoms with Crippen LogP contribution < -0.4 is 10.6 Å². The Morgan fingerprint density at radius 1 is 1.29 bits per heavy atom. The van der Waals surface area contributed by atoms with Gasteiger partial charge in [0.15, 0.2) is 0 Å². The summed E-state index contributed by atoms with van der Waals surface area (Å²) in [5.74, 6) is 0.377. The zero-order valence-corrected chi connectivity index (χ0v) is 12.0. The Labute approximate surface area is 123 Å². The minimum Gasteiger partial charge on any atom is -0.407 e. The van der Waals surface area contributed by atoms with Gasteiger partial charge in [-0.2, -0.15) is 0 Å². The molecule has 6 heteroatoms. The van der Waals surface area contributed by atoms with Crippen LogP contribution in [-0.2, 0) is 13.0 Å². The monoisotopic (exact) mass is 290 g/mol. The van der Waals surface area contributed by atoms with Crippen molar-refractivity contribution in [3.63, 3.8) is 0 Å². The van der Waals surface area contributed by atoms with Crippen molar-refractivity contribution in [2.45, 2.75) is 44.8 Å². The second-order valence-corrected chi connectivity index (χ2v) is 5.53. The van der Waals surface area contributed by atoms with Crippen LogP contribution in [0.4, 0.5) is 10.4 Å². The number of benzene rings is 1. The summed E-state index contributed by atoms with van der Waals surface area (Å²) in [5, 5.41) is 14.5. The Morgan fingerprint density at radius 2 is 2.05 bits per heavy atom. The highest BCUT2D eigenvalue weighted by Crippen LogP contribution is 2.19. The Balaban J connectivity index is 1.49. The molecule has 0 aliphatic heterocycles. The molecule has 1 aliphatic rings. The second kappa shape index (κ2) is 6.22. The summed E-state index contributed by atoms with van der Waals surface area (Å²) in [6.07, 6.45) is 3.22. The molecule has 1 fully saturated rings. The average Bonchev–Trinajstić information content (AvgIpc) is 3.19.